The van der Waals surface area contributed by atoms with Crippen LogP contribution in [-0.4, -0.2) is 41.1 Å². The summed E-state index contributed by atoms with van der Waals surface area (Å²) in [7, 11) is 0. The zero-order chi connectivity index (χ0) is 14.6. The van der Waals surface area contributed by atoms with Gasteiger partial charge in [0.1, 0.15) is 6.04 Å². The Kier molecular flexibility index (Phi) is 8.60. The maximum absolute atomic E-state index is 12.3. The second kappa shape index (κ2) is 8.78. The molecule has 111 valence electrons. The maximum atomic E-state index is 12.3. The zero-order valence-electron chi connectivity index (χ0n) is 12.7. The van der Waals surface area contributed by atoms with Crippen LogP contribution in [0.4, 0.5) is 0 Å². The first kappa shape index (κ1) is 19.6. The fraction of sp³-hybridized carbons (Fsp3) is 0.714. The van der Waals surface area contributed by atoms with Crippen LogP contribution in [0.15, 0.2) is 0 Å². The van der Waals surface area contributed by atoms with E-state index in [2.05, 4.69) is 5.32 Å². The van der Waals surface area contributed by atoms with Crippen LogP contribution in [0.2, 0.25) is 0 Å². The minimum absolute atomic E-state index is 0. The molecule has 1 aliphatic rings. The Morgan fingerprint density at radius 2 is 2.00 bits per heavy atom. The number of Topliss-reactive ketones (excluding diaryl/α,β-unsaturated/α-hetero) is 1. The van der Waals surface area contributed by atoms with Gasteiger partial charge in [0.25, 0.3) is 0 Å². The van der Waals surface area contributed by atoms with E-state index in [0.717, 1.165) is 12.8 Å². The van der Waals surface area contributed by atoms with Gasteiger partial charge in [0.15, 0.2) is 5.78 Å². The van der Waals surface area contributed by atoms with Crippen molar-refractivity contribution in [1.29, 1.82) is 0 Å². The number of nitrogens with zero attached hydrogens (tertiary/aromatic N) is 1. The van der Waals surface area contributed by atoms with Gasteiger partial charge in [0.2, 0.25) is 5.91 Å². The molecule has 5 nitrogen and oxygen atoms in total. The Bertz CT molecular complexity index is 373. The van der Waals surface area contributed by atoms with Crippen molar-refractivity contribution in [2.24, 2.45) is 5.92 Å². The van der Waals surface area contributed by atoms with Crippen molar-refractivity contribution in [3.63, 3.8) is 0 Å². The molecule has 1 rings (SSSR count). The number of likely N-dealkylation sites (tertiary alicyclic amines) is 1. The van der Waals surface area contributed by atoms with E-state index in [4.69, 9.17) is 0 Å². The van der Waals surface area contributed by atoms with Crippen LogP contribution in [0.25, 0.3) is 0 Å². The van der Waals surface area contributed by atoms with Gasteiger partial charge in [-0.1, -0.05) is 13.3 Å². The van der Waals surface area contributed by atoms with E-state index in [1.54, 1.807) is 18.7 Å². The maximum Gasteiger partial charge on any atom is 0.243 e. The SMILES string of the molecule is C[CH-]C(=O)N1CCC(CC)C1C(=O)NC(C)C(C)=O.[Y]. The average molecular weight is 356 g/mol. The molecule has 0 bridgehead atoms. The fourth-order valence-electron chi connectivity index (χ4n) is 2.45. The van der Waals surface area contributed by atoms with Crippen LogP contribution in [0, 0.1) is 12.3 Å². The third-order valence-corrected chi connectivity index (χ3v) is 3.81. The Balaban J connectivity index is 0.00000361. The molecule has 2 amide bonds. The normalized spacial score (nSPS) is 22.7. The van der Waals surface area contributed by atoms with Crippen molar-refractivity contribution < 1.29 is 47.1 Å². The van der Waals surface area contributed by atoms with Gasteiger partial charge in [-0.25, -0.2) is 0 Å². The molecule has 1 N–H and O–H groups in total. The number of carbonyl (C=O) groups excluding carboxylic acids is 3. The van der Waals surface area contributed by atoms with Gasteiger partial charge >= 0.3 is 0 Å². The number of carbonyl (C=O) groups is 3. The number of amides is 2. The summed E-state index contributed by atoms with van der Waals surface area (Å²) in [5.41, 5.74) is 0. The topological polar surface area (TPSA) is 66.5 Å². The third kappa shape index (κ3) is 4.55. The van der Waals surface area contributed by atoms with Crippen LogP contribution < -0.4 is 5.32 Å². The Labute approximate surface area is 146 Å². The molecule has 0 aromatic heterocycles. The minimum Gasteiger partial charge on any atom is -0.355 e. The van der Waals surface area contributed by atoms with E-state index < -0.39 is 12.1 Å². The molecule has 0 aliphatic carbocycles. The molecule has 1 radical (unpaired) electrons. The molecule has 0 saturated carbocycles. The molecule has 0 aromatic rings. The molecule has 1 heterocycles. The van der Waals surface area contributed by atoms with Crippen molar-refractivity contribution in [1.82, 2.24) is 10.2 Å². The quantitative estimate of drug-likeness (QED) is 0.746. The van der Waals surface area contributed by atoms with Crippen LogP contribution in [0.5, 0.6) is 0 Å². The molecule has 1 saturated heterocycles. The first-order valence-corrected chi connectivity index (χ1v) is 6.83. The first-order valence-electron chi connectivity index (χ1n) is 6.83. The van der Waals surface area contributed by atoms with E-state index >= 15 is 0 Å². The molecule has 0 aromatic carbocycles. The molecule has 1 aliphatic heterocycles. The fourth-order valence-corrected chi connectivity index (χ4v) is 2.45. The van der Waals surface area contributed by atoms with Crippen LogP contribution >= 0.6 is 0 Å². The first-order chi connectivity index (χ1) is 8.92. The smallest absolute Gasteiger partial charge is 0.243 e. The molecule has 3 unspecified atom stereocenters. The molecule has 6 heteroatoms. The summed E-state index contributed by atoms with van der Waals surface area (Å²) < 4.78 is 0. The summed E-state index contributed by atoms with van der Waals surface area (Å²) in [6.45, 7) is 7.40. The second-order valence-corrected chi connectivity index (χ2v) is 5.06. The largest absolute Gasteiger partial charge is 0.355 e. The molecule has 20 heavy (non-hydrogen) atoms. The molecular formula is C14H23N2O3Y-. The Hall–Kier alpha value is -0.416. The van der Waals surface area contributed by atoms with Crippen LogP contribution in [0.3, 0.4) is 0 Å². The van der Waals surface area contributed by atoms with Crippen LogP contribution in [-0.2, 0) is 47.1 Å². The van der Waals surface area contributed by atoms with Crippen molar-refractivity contribution in [3.05, 3.63) is 6.42 Å². The predicted molar refractivity (Wildman–Crippen MR) is 72.2 cm³/mol. The number of hydrogen-bond acceptors (Lipinski definition) is 3. The van der Waals surface area contributed by atoms with Crippen molar-refractivity contribution in [3.8, 4) is 0 Å². The van der Waals surface area contributed by atoms with E-state index in [1.807, 2.05) is 6.92 Å². The Morgan fingerprint density at radius 1 is 1.40 bits per heavy atom. The van der Waals surface area contributed by atoms with E-state index in [9.17, 15) is 14.4 Å². The summed E-state index contributed by atoms with van der Waals surface area (Å²) in [6.07, 6.45) is 3.16. The molecule has 1 fully saturated rings. The number of rotatable bonds is 5. The van der Waals surface area contributed by atoms with Crippen molar-refractivity contribution in [2.75, 3.05) is 6.54 Å². The van der Waals surface area contributed by atoms with Gasteiger partial charge < -0.3 is 21.4 Å². The third-order valence-electron chi connectivity index (χ3n) is 3.81. The predicted octanol–water partition coefficient (Wildman–Crippen LogP) is 0.929. The van der Waals surface area contributed by atoms with E-state index in [1.165, 1.54) is 13.3 Å². The summed E-state index contributed by atoms with van der Waals surface area (Å²) in [5, 5.41) is 2.70. The van der Waals surface area contributed by atoms with Gasteiger partial charge in [0.05, 0.1) is 11.9 Å². The van der Waals surface area contributed by atoms with E-state index in [-0.39, 0.29) is 56.2 Å². The molecular weight excluding hydrogens is 333 g/mol. The summed E-state index contributed by atoms with van der Waals surface area (Å²) >= 11 is 0. The number of ketones is 1. The van der Waals surface area contributed by atoms with Gasteiger partial charge in [-0.15, -0.1) is 0 Å². The number of nitrogens with one attached hydrogen (secondary N) is 1. The Morgan fingerprint density at radius 3 is 2.45 bits per heavy atom. The van der Waals surface area contributed by atoms with Gasteiger partial charge in [-0.05, 0) is 26.2 Å². The van der Waals surface area contributed by atoms with Crippen molar-refractivity contribution >= 4 is 17.6 Å². The number of hydrogen-bond donors (Lipinski definition) is 1. The van der Waals surface area contributed by atoms with Crippen LogP contribution in [0.1, 0.15) is 40.5 Å². The molecule has 3 atom stereocenters. The second-order valence-electron chi connectivity index (χ2n) is 5.06. The van der Waals surface area contributed by atoms with Crippen molar-refractivity contribution in [2.45, 2.75) is 52.6 Å². The summed E-state index contributed by atoms with van der Waals surface area (Å²) in [5.74, 6) is -0.254. The zero-order valence-corrected chi connectivity index (χ0v) is 15.5. The molecule has 0 spiro atoms. The van der Waals surface area contributed by atoms with E-state index in [0.29, 0.717) is 6.54 Å². The average Bonchev–Trinajstić information content (AvgIpc) is 2.81. The van der Waals surface area contributed by atoms with Gasteiger partial charge in [-0.2, -0.15) is 6.92 Å². The standard InChI is InChI=1S/C14H23N2O3.Y/c1-5-11-7-8-16(12(18)6-2)13(11)14(19)15-9(3)10(4)17;/h6,9,11,13H,5,7-8H2,1-4H3,(H,15,19);/q-1;. The van der Waals surface area contributed by atoms with Gasteiger partial charge in [0, 0.05) is 39.3 Å². The monoisotopic (exact) mass is 356 g/mol. The summed E-state index contributed by atoms with van der Waals surface area (Å²) in [6, 6.07) is -0.955. The summed E-state index contributed by atoms with van der Waals surface area (Å²) in [4.78, 5) is 36.9. The minimum atomic E-state index is -0.506. The van der Waals surface area contributed by atoms with Gasteiger partial charge in [-0.3, -0.25) is 9.59 Å².